The van der Waals surface area contributed by atoms with Gasteiger partial charge >= 0.3 is 0 Å². The Balaban J connectivity index is 1.49. The number of rotatable bonds is 8. The summed E-state index contributed by atoms with van der Waals surface area (Å²) in [5.41, 5.74) is 3.70. The smallest absolute Gasteiger partial charge is 0.191 e. The van der Waals surface area contributed by atoms with E-state index in [-0.39, 0.29) is 0 Å². The van der Waals surface area contributed by atoms with E-state index in [4.69, 9.17) is 16.6 Å². The monoisotopic (exact) mass is 428 g/mol. The summed E-state index contributed by atoms with van der Waals surface area (Å²) in [7, 11) is 0. The maximum Gasteiger partial charge on any atom is 0.191 e. The van der Waals surface area contributed by atoms with Crippen LogP contribution in [0.4, 0.5) is 5.69 Å². The highest BCUT2D eigenvalue weighted by atomic mass is 35.5. The minimum atomic E-state index is 0.312. The first kappa shape index (κ1) is 22.4. The van der Waals surface area contributed by atoms with Gasteiger partial charge in [-0.2, -0.15) is 0 Å². The van der Waals surface area contributed by atoms with Gasteiger partial charge in [-0.1, -0.05) is 35.9 Å². The van der Waals surface area contributed by atoms with E-state index in [0.29, 0.717) is 19.1 Å². The summed E-state index contributed by atoms with van der Waals surface area (Å²) >= 11 is 5.95. The zero-order valence-corrected chi connectivity index (χ0v) is 18.5. The van der Waals surface area contributed by atoms with Crippen molar-refractivity contribution in [2.24, 2.45) is 10.9 Å². The minimum absolute atomic E-state index is 0.312. The standard InChI is InChI=1S/C24H33ClN4O/c1-2-26-24(27-14-11-19-3-7-22(25)8-4-19)28-17-20-5-9-23(10-6-20)29-15-12-21(18-30)13-16-29/h3-10,21,30H,2,11-18H2,1H3,(H2,26,27,28). The van der Waals surface area contributed by atoms with Crippen LogP contribution in [0.1, 0.15) is 30.9 Å². The number of hydrogen-bond donors (Lipinski definition) is 3. The van der Waals surface area contributed by atoms with E-state index < -0.39 is 0 Å². The number of anilines is 1. The summed E-state index contributed by atoms with van der Waals surface area (Å²) in [6.07, 6.45) is 3.05. The number of aliphatic imine (C=N–C) groups is 1. The molecule has 0 unspecified atom stereocenters. The van der Waals surface area contributed by atoms with Gasteiger partial charge in [-0.3, -0.25) is 0 Å². The molecule has 1 fully saturated rings. The summed E-state index contributed by atoms with van der Waals surface area (Å²) in [5, 5.41) is 16.8. The number of halogens is 1. The third-order valence-electron chi connectivity index (χ3n) is 5.56. The van der Waals surface area contributed by atoms with Gasteiger partial charge in [0.25, 0.3) is 0 Å². The highest BCUT2D eigenvalue weighted by Gasteiger charge is 2.18. The molecule has 0 saturated carbocycles. The molecular formula is C24H33ClN4O. The number of piperidine rings is 1. The fourth-order valence-electron chi connectivity index (χ4n) is 3.67. The molecule has 3 N–H and O–H groups in total. The average molecular weight is 429 g/mol. The van der Waals surface area contributed by atoms with Gasteiger partial charge in [-0.15, -0.1) is 0 Å². The summed E-state index contributed by atoms with van der Waals surface area (Å²) in [6, 6.07) is 16.7. The lowest BCUT2D eigenvalue weighted by Crippen LogP contribution is -2.38. The Kier molecular flexibility index (Phi) is 8.84. The fourth-order valence-corrected chi connectivity index (χ4v) is 3.80. The topological polar surface area (TPSA) is 59.9 Å². The molecule has 0 atom stereocenters. The quantitative estimate of drug-likeness (QED) is 0.441. The van der Waals surface area contributed by atoms with Crippen molar-refractivity contribution in [2.45, 2.75) is 32.7 Å². The Hall–Kier alpha value is -2.24. The number of nitrogens with one attached hydrogen (secondary N) is 2. The molecule has 1 aliphatic rings. The Bertz CT molecular complexity index is 784. The first-order chi connectivity index (χ1) is 14.7. The van der Waals surface area contributed by atoms with Crippen LogP contribution in [0.2, 0.25) is 5.02 Å². The van der Waals surface area contributed by atoms with Crippen LogP contribution < -0.4 is 15.5 Å². The Labute approximate surface area is 185 Å². The largest absolute Gasteiger partial charge is 0.396 e. The lowest BCUT2D eigenvalue weighted by molar-refractivity contribution is 0.203. The molecule has 30 heavy (non-hydrogen) atoms. The zero-order valence-electron chi connectivity index (χ0n) is 17.8. The average Bonchev–Trinajstić information content (AvgIpc) is 2.79. The van der Waals surface area contributed by atoms with Gasteiger partial charge in [0.2, 0.25) is 0 Å². The first-order valence-electron chi connectivity index (χ1n) is 10.9. The number of aliphatic hydroxyl groups excluding tert-OH is 1. The van der Waals surface area contributed by atoms with E-state index in [9.17, 15) is 5.11 Å². The summed E-state index contributed by atoms with van der Waals surface area (Å²) in [6.45, 7) is 6.71. The van der Waals surface area contributed by atoms with E-state index in [0.717, 1.165) is 56.4 Å². The molecule has 0 spiro atoms. The van der Waals surface area contributed by atoms with Gasteiger partial charge in [0.15, 0.2) is 5.96 Å². The van der Waals surface area contributed by atoms with Crippen LogP contribution in [-0.2, 0) is 13.0 Å². The van der Waals surface area contributed by atoms with Gasteiger partial charge in [0.1, 0.15) is 0 Å². The second kappa shape index (κ2) is 11.8. The van der Waals surface area contributed by atoms with Crippen LogP contribution in [0.5, 0.6) is 0 Å². The molecule has 0 radical (unpaired) electrons. The van der Waals surface area contributed by atoms with Crippen molar-refractivity contribution in [2.75, 3.05) is 37.7 Å². The predicted octanol–water partition coefficient (Wildman–Crippen LogP) is 3.85. The van der Waals surface area contributed by atoms with Crippen LogP contribution in [0.3, 0.4) is 0 Å². The third kappa shape index (κ3) is 6.92. The van der Waals surface area contributed by atoms with Crippen LogP contribution in [-0.4, -0.2) is 43.9 Å². The lowest BCUT2D eigenvalue weighted by atomic mass is 9.97. The SMILES string of the molecule is CCNC(=NCc1ccc(N2CCC(CO)CC2)cc1)NCCc1ccc(Cl)cc1. The number of aliphatic hydroxyl groups is 1. The van der Waals surface area contributed by atoms with Gasteiger partial charge in [0, 0.05) is 43.5 Å². The fraction of sp³-hybridized carbons (Fsp3) is 0.458. The molecule has 1 heterocycles. The Morgan fingerprint density at radius 3 is 2.33 bits per heavy atom. The van der Waals surface area contributed by atoms with E-state index in [1.807, 2.05) is 12.1 Å². The number of hydrogen-bond acceptors (Lipinski definition) is 3. The second-order valence-electron chi connectivity index (χ2n) is 7.78. The highest BCUT2D eigenvalue weighted by Crippen LogP contribution is 2.23. The van der Waals surface area contributed by atoms with Gasteiger partial charge in [-0.25, -0.2) is 4.99 Å². The van der Waals surface area contributed by atoms with E-state index in [2.05, 4.69) is 58.9 Å². The molecule has 1 aliphatic heterocycles. The molecule has 162 valence electrons. The van der Waals surface area contributed by atoms with Crippen molar-refractivity contribution < 1.29 is 5.11 Å². The van der Waals surface area contributed by atoms with Gasteiger partial charge in [-0.05, 0) is 67.5 Å². The first-order valence-corrected chi connectivity index (χ1v) is 11.3. The van der Waals surface area contributed by atoms with Crippen molar-refractivity contribution in [3.63, 3.8) is 0 Å². The Morgan fingerprint density at radius 2 is 1.70 bits per heavy atom. The van der Waals surface area contributed by atoms with Gasteiger partial charge in [0.05, 0.1) is 6.54 Å². The maximum atomic E-state index is 9.30. The third-order valence-corrected chi connectivity index (χ3v) is 5.81. The highest BCUT2D eigenvalue weighted by molar-refractivity contribution is 6.30. The van der Waals surface area contributed by atoms with Crippen molar-refractivity contribution in [3.8, 4) is 0 Å². The van der Waals surface area contributed by atoms with Crippen molar-refractivity contribution >= 4 is 23.2 Å². The van der Waals surface area contributed by atoms with E-state index in [1.165, 1.54) is 16.8 Å². The van der Waals surface area contributed by atoms with Crippen molar-refractivity contribution in [1.29, 1.82) is 0 Å². The molecule has 1 saturated heterocycles. The Morgan fingerprint density at radius 1 is 1.03 bits per heavy atom. The van der Waals surface area contributed by atoms with Crippen LogP contribution in [0.25, 0.3) is 0 Å². The number of benzene rings is 2. The zero-order chi connectivity index (χ0) is 21.2. The van der Waals surface area contributed by atoms with Gasteiger partial charge < -0.3 is 20.6 Å². The summed E-state index contributed by atoms with van der Waals surface area (Å²) in [5.74, 6) is 1.30. The van der Waals surface area contributed by atoms with Crippen molar-refractivity contribution in [3.05, 3.63) is 64.7 Å². The van der Waals surface area contributed by atoms with Crippen LogP contribution in [0, 0.1) is 5.92 Å². The molecule has 0 aromatic heterocycles. The lowest BCUT2D eigenvalue weighted by Gasteiger charge is -2.32. The van der Waals surface area contributed by atoms with Crippen molar-refractivity contribution in [1.82, 2.24) is 10.6 Å². The molecular weight excluding hydrogens is 396 g/mol. The maximum absolute atomic E-state index is 9.30. The molecule has 2 aromatic rings. The molecule has 0 amide bonds. The van der Waals surface area contributed by atoms with E-state index in [1.54, 1.807) is 0 Å². The second-order valence-corrected chi connectivity index (χ2v) is 8.21. The van der Waals surface area contributed by atoms with Crippen LogP contribution in [0.15, 0.2) is 53.5 Å². The summed E-state index contributed by atoms with van der Waals surface area (Å²) in [4.78, 5) is 7.13. The normalized spacial score (nSPS) is 15.3. The molecule has 0 bridgehead atoms. The van der Waals surface area contributed by atoms with Crippen LogP contribution >= 0.6 is 11.6 Å². The minimum Gasteiger partial charge on any atom is -0.396 e. The predicted molar refractivity (Wildman–Crippen MR) is 126 cm³/mol. The molecule has 0 aliphatic carbocycles. The molecule has 6 heteroatoms. The molecule has 3 rings (SSSR count). The number of guanidine groups is 1. The molecule has 2 aromatic carbocycles. The summed E-state index contributed by atoms with van der Waals surface area (Å²) < 4.78 is 0. The van der Waals surface area contributed by atoms with E-state index >= 15 is 0 Å². The number of nitrogens with zero attached hydrogens (tertiary/aromatic N) is 2. The molecule has 5 nitrogen and oxygen atoms in total.